The fraction of sp³-hybridized carbons (Fsp3) is 0.700. The van der Waals surface area contributed by atoms with Crippen molar-refractivity contribution in [1.82, 2.24) is 13.9 Å². The van der Waals surface area contributed by atoms with Gasteiger partial charge in [-0.3, -0.25) is 0 Å². The normalized spacial score (nSPS) is 24.2. The second kappa shape index (κ2) is 3.99. The summed E-state index contributed by atoms with van der Waals surface area (Å²) in [7, 11) is -0.308. The number of nitrogens with two attached hydrogens (primary N) is 1. The Balaban J connectivity index is 2.24. The Morgan fingerprint density at radius 2 is 2.24 bits per heavy atom. The molecule has 1 aliphatic carbocycles. The van der Waals surface area contributed by atoms with E-state index in [-0.39, 0.29) is 10.8 Å². The number of imidazole rings is 1. The molecule has 96 valence electrons. The van der Waals surface area contributed by atoms with Crippen LogP contribution in [0, 0.1) is 11.8 Å². The fourth-order valence-electron chi connectivity index (χ4n) is 1.98. The van der Waals surface area contributed by atoms with Crippen molar-refractivity contribution in [2.75, 3.05) is 19.3 Å². The number of hydrogen-bond donors (Lipinski definition) is 1. The maximum atomic E-state index is 12.3. The molecule has 1 saturated carbocycles. The molecule has 2 rings (SSSR count). The van der Waals surface area contributed by atoms with Crippen LogP contribution in [-0.2, 0) is 17.1 Å². The summed E-state index contributed by atoms with van der Waals surface area (Å²) < 4.78 is 27.4. The van der Waals surface area contributed by atoms with Crippen molar-refractivity contribution in [3.8, 4) is 0 Å². The van der Waals surface area contributed by atoms with Crippen LogP contribution in [0.1, 0.15) is 13.3 Å². The largest absolute Gasteiger partial charge is 0.381 e. The van der Waals surface area contributed by atoms with Gasteiger partial charge in [-0.25, -0.2) is 13.4 Å². The molecule has 2 atom stereocenters. The van der Waals surface area contributed by atoms with E-state index >= 15 is 0 Å². The molecule has 0 radical (unpaired) electrons. The second-order valence-corrected chi connectivity index (χ2v) is 6.76. The average molecular weight is 258 g/mol. The van der Waals surface area contributed by atoms with Gasteiger partial charge in [-0.05, 0) is 18.3 Å². The number of rotatable bonds is 4. The van der Waals surface area contributed by atoms with E-state index in [1.54, 1.807) is 14.1 Å². The molecular formula is C10H18N4O2S. The molecule has 0 aromatic carbocycles. The third-order valence-electron chi connectivity index (χ3n) is 3.33. The first kappa shape index (κ1) is 12.4. The molecule has 7 heteroatoms. The van der Waals surface area contributed by atoms with Crippen molar-refractivity contribution in [3.05, 3.63) is 6.33 Å². The van der Waals surface area contributed by atoms with E-state index < -0.39 is 10.0 Å². The lowest BCUT2D eigenvalue weighted by Gasteiger charge is -2.17. The van der Waals surface area contributed by atoms with Crippen molar-refractivity contribution in [3.63, 3.8) is 0 Å². The van der Waals surface area contributed by atoms with Crippen molar-refractivity contribution >= 4 is 15.8 Å². The second-order valence-electron chi connectivity index (χ2n) is 4.80. The lowest BCUT2D eigenvalue weighted by atomic mass is 10.3. The molecule has 1 aliphatic rings. The first-order valence-corrected chi connectivity index (χ1v) is 7.01. The van der Waals surface area contributed by atoms with Gasteiger partial charge in [-0.2, -0.15) is 4.31 Å². The highest BCUT2D eigenvalue weighted by atomic mass is 32.2. The van der Waals surface area contributed by atoms with Crippen LogP contribution in [0.5, 0.6) is 0 Å². The Morgan fingerprint density at radius 1 is 1.65 bits per heavy atom. The minimum Gasteiger partial charge on any atom is -0.381 e. The SMILES string of the molecule is CC1CC1CN(C)S(=O)(=O)c1c(N)ncn1C. The third kappa shape index (κ3) is 2.16. The van der Waals surface area contributed by atoms with E-state index in [2.05, 4.69) is 11.9 Å². The summed E-state index contributed by atoms with van der Waals surface area (Å²) in [5, 5.41) is 0.0771. The van der Waals surface area contributed by atoms with Crippen LogP contribution in [0.2, 0.25) is 0 Å². The maximum Gasteiger partial charge on any atom is 0.262 e. The molecular weight excluding hydrogens is 240 g/mol. The summed E-state index contributed by atoms with van der Waals surface area (Å²) in [6.45, 7) is 2.68. The summed E-state index contributed by atoms with van der Waals surface area (Å²) >= 11 is 0. The zero-order valence-electron chi connectivity index (χ0n) is 10.3. The molecule has 2 unspecified atom stereocenters. The van der Waals surface area contributed by atoms with Crippen molar-refractivity contribution in [1.29, 1.82) is 0 Å². The Bertz CT molecular complexity index is 503. The lowest BCUT2D eigenvalue weighted by molar-refractivity contribution is 0.440. The minimum absolute atomic E-state index is 0.0585. The van der Waals surface area contributed by atoms with Crippen LogP contribution >= 0.6 is 0 Å². The van der Waals surface area contributed by atoms with Crippen LogP contribution in [-0.4, -0.2) is 35.9 Å². The van der Waals surface area contributed by atoms with Crippen LogP contribution in [0.3, 0.4) is 0 Å². The Morgan fingerprint density at radius 3 is 2.65 bits per heavy atom. The van der Waals surface area contributed by atoms with E-state index in [0.29, 0.717) is 18.4 Å². The molecule has 0 saturated heterocycles. The number of aryl methyl sites for hydroxylation is 1. The van der Waals surface area contributed by atoms with E-state index in [0.717, 1.165) is 6.42 Å². The monoisotopic (exact) mass is 258 g/mol. The first-order chi connectivity index (χ1) is 7.84. The number of anilines is 1. The summed E-state index contributed by atoms with van der Waals surface area (Å²) in [6, 6.07) is 0. The van der Waals surface area contributed by atoms with Gasteiger partial charge in [0.05, 0.1) is 6.33 Å². The molecule has 6 nitrogen and oxygen atoms in total. The molecule has 17 heavy (non-hydrogen) atoms. The Labute approximate surface area is 101 Å². The van der Waals surface area contributed by atoms with Gasteiger partial charge in [-0.1, -0.05) is 6.92 Å². The van der Waals surface area contributed by atoms with Gasteiger partial charge in [0.25, 0.3) is 10.0 Å². The molecule has 0 spiro atoms. The number of aromatic nitrogens is 2. The summed E-state index contributed by atoms with van der Waals surface area (Å²) in [5.74, 6) is 1.16. The fourth-order valence-corrected chi connectivity index (χ4v) is 3.39. The molecule has 1 aromatic rings. The van der Waals surface area contributed by atoms with Crippen LogP contribution in [0.15, 0.2) is 11.4 Å². The molecule has 0 amide bonds. The summed E-state index contributed by atoms with van der Waals surface area (Å²) in [6.07, 6.45) is 2.51. The molecule has 1 fully saturated rings. The van der Waals surface area contributed by atoms with Gasteiger partial charge in [0.2, 0.25) is 0 Å². The van der Waals surface area contributed by atoms with Crippen LogP contribution < -0.4 is 5.73 Å². The molecule has 0 bridgehead atoms. The summed E-state index contributed by atoms with van der Waals surface area (Å²) in [5.41, 5.74) is 5.60. The molecule has 0 aliphatic heterocycles. The average Bonchev–Trinajstić information content (AvgIpc) is 2.79. The standard InChI is InChI=1S/C10H18N4O2S/c1-7-4-8(7)5-14(3)17(15,16)10-9(11)12-6-13(10)2/h6-8H,4-5,11H2,1-3H3. The highest BCUT2D eigenvalue weighted by Crippen LogP contribution is 2.38. The predicted octanol–water partition coefficient (Wildman–Crippen LogP) is 0.279. The predicted molar refractivity (Wildman–Crippen MR) is 64.7 cm³/mol. The number of hydrogen-bond acceptors (Lipinski definition) is 4. The first-order valence-electron chi connectivity index (χ1n) is 5.57. The number of nitrogen functional groups attached to an aromatic ring is 1. The van der Waals surface area contributed by atoms with Crippen molar-refractivity contribution < 1.29 is 8.42 Å². The van der Waals surface area contributed by atoms with E-state index in [1.807, 2.05) is 0 Å². The Kier molecular flexibility index (Phi) is 2.90. The number of nitrogens with zero attached hydrogens (tertiary/aromatic N) is 3. The zero-order chi connectivity index (χ0) is 12.8. The van der Waals surface area contributed by atoms with E-state index in [9.17, 15) is 8.42 Å². The highest BCUT2D eigenvalue weighted by Gasteiger charge is 2.37. The number of sulfonamides is 1. The van der Waals surface area contributed by atoms with Crippen LogP contribution in [0.25, 0.3) is 0 Å². The Hall–Kier alpha value is -1.08. The van der Waals surface area contributed by atoms with Gasteiger partial charge in [0.1, 0.15) is 0 Å². The van der Waals surface area contributed by atoms with E-state index in [4.69, 9.17) is 5.73 Å². The third-order valence-corrected chi connectivity index (χ3v) is 5.29. The molecule has 1 aromatic heterocycles. The summed E-state index contributed by atoms with van der Waals surface area (Å²) in [4.78, 5) is 3.81. The van der Waals surface area contributed by atoms with Gasteiger partial charge in [-0.15, -0.1) is 0 Å². The minimum atomic E-state index is -3.53. The smallest absolute Gasteiger partial charge is 0.262 e. The van der Waals surface area contributed by atoms with Crippen molar-refractivity contribution in [2.24, 2.45) is 18.9 Å². The van der Waals surface area contributed by atoms with Gasteiger partial charge in [0.15, 0.2) is 10.8 Å². The lowest BCUT2D eigenvalue weighted by Crippen LogP contribution is -2.31. The molecule has 1 heterocycles. The highest BCUT2D eigenvalue weighted by molar-refractivity contribution is 7.89. The molecule has 2 N–H and O–H groups in total. The van der Waals surface area contributed by atoms with Crippen LogP contribution in [0.4, 0.5) is 5.82 Å². The topological polar surface area (TPSA) is 81.2 Å². The van der Waals surface area contributed by atoms with Gasteiger partial charge >= 0.3 is 0 Å². The maximum absolute atomic E-state index is 12.3. The van der Waals surface area contributed by atoms with E-state index in [1.165, 1.54) is 15.2 Å². The van der Waals surface area contributed by atoms with Crippen molar-refractivity contribution in [2.45, 2.75) is 18.4 Å². The quantitative estimate of drug-likeness (QED) is 0.841. The van der Waals surface area contributed by atoms with Gasteiger partial charge in [0, 0.05) is 20.6 Å². The zero-order valence-corrected chi connectivity index (χ0v) is 11.1. The van der Waals surface area contributed by atoms with Gasteiger partial charge < -0.3 is 10.3 Å².